The molecule has 0 fully saturated rings. The van der Waals surface area contributed by atoms with E-state index in [1.54, 1.807) is 20.3 Å². The van der Waals surface area contributed by atoms with Gasteiger partial charge in [0.2, 0.25) is 6.79 Å². The van der Waals surface area contributed by atoms with Crippen LogP contribution in [0, 0.1) is 0 Å². The van der Waals surface area contributed by atoms with Crippen LogP contribution in [0.15, 0.2) is 77.3 Å². The number of rotatable bonds is 12. The van der Waals surface area contributed by atoms with Crippen molar-refractivity contribution in [1.82, 2.24) is 15.4 Å². The Morgan fingerprint density at radius 3 is 2.23 bits per heavy atom. The number of carbonyl (C=O) groups excluding carboxylic acids is 1. The second kappa shape index (κ2) is 12.4. The molecule has 3 aromatic carbocycles. The van der Waals surface area contributed by atoms with Crippen molar-refractivity contribution in [2.24, 2.45) is 0 Å². The van der Waals surface area contributed by atoms with Crippen LogP contribution < -0.4 is 24.3 Å². The summed E-state index contributed by atoms with van der Waals surface area (Å²) in [5, 5.41) is 6.90. The van der Waals surface area contributed by atoms with Gasteiger partial charge in [-0.1, -0.05) is 35.5 Å². The molecule has 0 radical (unpaired) electrons. The number of nitrogens with one attached hydrogen (secondary N) is 1. The predicted octanol–water partition coefficient (Wildman–Crippen LogP) is 4.60. The van der Waals surface area contributed by atoms with Crippen molar-refractivity contribution in [1.29, 1.82) is 0 Å². The first-order chi connectivity index (χ1) is 19.1. The number of hydrogen-bond acceptors (Lipinski definition) is 8. The highest BCUT2D eigenvalue weighted by Crippen LogP contribution is 2.32. The SMILES string of the molecule is COc1ccc(CCN(Cc2ccc(OC)cc2)Cc2cc(C(=O)NCc3ccc4c(c3)OCO4)no2)cc1. The van der Waals surface area contributed by atoms with Gasteiger partial charge in [-0.15, -0.1) is 0 Å². The molecule has 5 rings (SSSR count). The lowest BCUT2D eigenvalue weighted by Crippen LogP contribution is -2.25. The molecule has 1 aliphatic heterocycles. The molecule has 0 saturated carbocycles. The van der Waals surface area contributed by atoms with Crippen molar-refractivity contribution in [2.45, 2.75) is 26.1 Å². The summed E-state index contributed by atoms with van der Waals surface area (Å²) >= 11 is 0. The Morgan fingerprint density at radius 2 is 1.51 bits per heavy atom. The maximum absolute atomic E-state index is 12.7. The summed E-state index contributed by atoms with van der Waals surface area (Å²) in [4.78, 5) is 15.0. The van der Waals surface area contributed by atoms with Crippen LogP contribution in [0.4, 0.5) is 0 Å². The van der Waals surface area contributed by atoms with Crippen molar-refractivity contribution >= 4 is 5.91 Å². The van der Waals surface area contributed by atoms with Crippen molar-refractivity contribution in [2.75, 3.05) is 27.6 Å². The lowest BCUT2D eigenvalue weighted by molar-refractivity contribution is 0.0941. The fourth-order valence-electron chi connectivity index (χ4n) is 4.32. The Morgan fingerprint density at radius 1 is 0.846 bits per heavy atom. The molecular formula is C30H31N3O6. The van der Waals surface area contributed by atoms with Gasteiger partial charge in [-0.2, -0.15) is 0 Å². The Hall–Kier alpha value is -4.50. The van der Waals surface area contributed by atoms with Crippen molar-refractivity contribution in [3.8, 4) is 23.0 Å². The number of amides is 1. The van der Waals surface area contributed by atoms with E-state index in [9.17, 15) is 4.79 Å². The van der Waals surface area contributed by atoms with Crippen LogP contribution in [0.25, 0.3) is 0 Å². The van der Waals surface area contributed by atoms with Crippen LogP contribution in [0.1, 0.15) is 32.9 Å². The third kappa shape index (κ3) is 6.88. The van der Waals surface area contributed by atoms with Gasteiger partial charge in [0.1, 0.15) is 11.5 Å². The maximum Gasteiger partial charge on any atom is 0.273 e. The summed E-state index contributed by atoms with van der Waals surface area (Å²) in [6.45, 7) is 2.54. The Bertz CT molecular complexity index is 1380. The largest absolute Gasteiger partial charge is 0.497 e. The highest BCUT2D eigenvalue weighted by atomic mass is 16.7. The van der Waals surface area contributed by atoms with E-state index in [1.165, 1.54) is 5.56 Å². The molecule has 0 unspecified atom stereocenters. The fraction of sp³-hybridized carbons (Fsp3) is 0.267. The summed E-state index contributed by atoms with van der Waals surface area (Å²) in [7, 11) is 3.32. The number of benzene rings is 3. The van der Waals surface area contributed by atoms with E-state index in [4.69, 9.17) is 23.5 Å². The zero-order chi connectivity index (χ0) is 27.0. The van der Waals surface area contributed by atoms with Gasteiger partial charge in [0, 0.05) is 25.7 Å². The molecule has 9 nitrogen and oxygen atoms in total. The molecule has 0 saturated heterocycles. The van der Waals surface area contributed by atoms with Crippen LogP contribution in [0.3, 0.4) is 0 Å². The predicted molar refractivity (Wildman–Crippen MR) is 144 cm³/mol. The molecule has 39 heavy (non-hydrogen) atoms. The van der Waals surface area contributed by atoms with E-state index in [0.29, 0.717) is 36.9 Å². The van der Waals surface area contributed by atoms with Gasteiger partial charge in [-0.3, -0.25) is 9.69 Å². The first-order valence-electron chi connectivity index (χ1n) is 12.7. The summed E-state index contributed by atoms with van der Waals surface area (Å²) < 4.78 is 26.9. The number of ether oxygens (including phenoxy) is 4. The zero-order valence-electron chi connectivity index (χ0n) is 22.0. The fourth-order valence-corrected chi connectivity index (χ4v) is 4.32. The quantitative estimate of drug-likeness (QED) is 0.285. The number of hydrogen-bond donors (Lipinski definition) is 1. The van der Waals surface area contributed by atoms with Gasteiger partial charge in [-0.25, -0.2) is 0 Å². The normalized spacial score (nSPS) is 12.0. The average Bonchev–Trinajstić information content (AvgIpc) is 3.65. The molecule has 9 heteroatoms. The maximum atomic E-state index is 12.7. The van der Waals surface area contributed by atoms with Gasteiger partial charge in [0.05, 0.1) is 20.8 Å². The number of methoxy groups -OCH3 is 2. The molecule has 1 amide bonds. The number of fused-ring (bicyclic) bond motifs is 1. The molecule has 1 aromatic heterocycles. The second-order valence-corrected chi connectivity index (χ2v) is 9.21. The average molecular weight is 530 g/mol. The van der Waals surface area contributed by atoms with Crippen molar-refractivity contribution < 1.29 is 28.3 Å². The molecule has 0 atom stereocenters. The Balaban J connectivity index is 1.22. The lowest BCUT2D eigenvalue weighted by Gasteiger charge is -2.21. The minimum Gasteiger partial charge on any atom is -0.497 e. The van der Waals surface area contributed by atoms with Crippen molar-refractivity contribution in [3.05, 3.63) is 101 Å². The molecule has 1 N–H and O–H groups in total. The van der Waals surface area contributed by atoms with E-state index in [2.05, 4.69) is 39.6 Å². The van der Waals surface area contributed by atoms with Crippen LogP contribution in [-0.2, 0) is 26.1 Å². The number of aromatic nitrogens is 1. The van der Waals surface area contributed by atoms with E-state index >= 15 is 0 Å². The summed E-state index contributed by atoms with van der Waals surface area (Å²) in [6, 6.07) is 23.4. The van der Waals surface area contributed by atoms with Crippen LogP contribution >= 0.6 is 0 Å². The molecule has 4 aromatic rings. The number of nitrogens with zero attached hydrogens (tertiary/aromatic N) is 2. The molecule has 0 bridgehead atoms. The van der Waals surface area contributed by atoms with Crippen LogP contribution in [0.5, 0.6) is 23.0 Å². The van der Waals surface area contributed by atoms with E-state index in [-0.39, 0.29) is 18.4 Å². The zero-order valence-corrected chi connectivity index (χ0v) is 22.0. The number of carbonyl (C=O) groups is 1. The third-order valence-electron chi connectivity index (χ3n) is 6.50. The Labute approximate surface area is 227 Å². The van der Waals surface area contributed by atoms with E-state index < -0.39 is 0 Å². The Kier molecular flexibility index (Phi) is 8.28. The minimum absolute atomic E-state index is 0.211. The third-order valence-corrected chi connectivity index (χ3v) is 6.50. The molecule has 0 spiro atoms. The van der Waals surface area contributed by atoms with E-state index in [0.717, 1.165) is 35.6 Å². The smallest absolute Gasteiger partial charge is 0.273 e. The lowest BCUT2D eigenvalue weighted by atomic mass is 10.1. The van der Waals surface area contributed by atoms with Gasteiger partial charge in [0.15, 0.2) is 23.0 Å². The summed E-state index contributed by atoms with van der Waals surface area (Å²) in [6.07, 6.45) is 0.844. The van der Waals surface area contributed by atoms with E-state index in [1.807, 2.05) is 42.5 Å². The first kappa shape index (κ1) is 26.1. The topological polar surface area (TPSA) is 95.3 Å². The van der Waals surface area contributed by atoms with Gasteiger partial charge in [-0.05, 0) is 59.5 Å². The van der Waals surface area contributed by atoms with Gasteiger partial charge >= 0.3 is 0 Å². The van der Waals surface area contributed by atoms with Crippen LogP contribution in [0.2, 0.25) is 0 Å². The first-order valence-corrected chi connectivity index (χ1v) is 12.7. The molecule has 0 aliphatic carbocycles. The van der Waals surface area contributed by atoms with Gasteiger partial charge in [0.25, 0.3) is 5.91 Å². The van der Waals surface area contributed by atoms with Crippen LogP contribution in [-0.4, -0.2) is 43.5 Å². The molecule has 1 aliphatic rings. The molecule has 202 valence electrons. The van der Waals surface area contributed by atoms with Gasteiger partial charge < -0.3 is 28.8 Å². The molecular weight excluding hydrogens is 498 g/mol. The summed E-state index contributed by atoms with van der Waals surface area (Å²) in [5.41, 5.74) is 3.49. The van der Waals surface area contributed by atoms with Crippen molar-refractivity contribution in [3.63, 3.8) is 0 Å². The monoisotopic (exact) mass is 529 g/mol. The second-order valence-electron chi connectivity index (χ2n) is 9.21. The highest BCUT2D eigenvalue weighted by molar-refractivity contribution is 5.92. The standard InChI is InChI=1S/C30H31N3O6/c1-35-24-8-3-21(4-9-24)13-14-33(18-22-5-10-25(36-2)11-6-22)19-26-16-27(32-39-26)30(34)31-17-23-7-12-28-29(15-23)38-20-37-28/h3-12,15-16H,13-14,17-20H2,1-2H3,(H,31,34). The minimum atomic E-state index is -0.303. The summed E-state index contributed by atoms with van der Waals surface area (Å²) in [5.74, 6) is 3.35. The molecule has 2 heterocycles. The highest BCUT2D eigenvalue weighted by Gasteiger charge is 2.17.